The molecule has 2 N–H and O–H groups in total. The first-order valence-electron chi connectivity index (χ1n) is 5.98. The average molecular weight is 351 g/mol. The Bertz CT molecular complexity index is 802. The number of nitrogens with zero attached hydrogens (tertiary/aromatic N) is 3. The number of nitrogens with one attached hydrogen (secondary N) is 2. The molecule has 0 bridgehead atoms. The van der Waals surface area contributed by atoms with Crippen molar-refractivity contribution in [2.45, 2.75) is 26.2 Å². The van der Waals surface area contributed by atoms with E-state index < -0.39 is 27.3 Å². The van der Waals surface area contributed by atoms with Gasteiger partial charge in [0.25, 0.3) is 5.56 Å². The Morgan fingerprint density at radius 1 is 1.36 bits per heavy atom. The highest BCUT2D eigenvalue weighted by Crippen LogP contribution is 2.15. The van der Waals surface area contributed by atoms with Gasteiger partial charge in [-0.25, -0.2) is 9.48 Å². The molecule has 0 saturated carbocycles. The minimum atomic E-state index is -4.39. The zero-order valence-electron chi connectivity index (χ0n) is 12.7. The van der Waals surface area contributed by atoms with Crippen LogP contribution in [0, 0.1) is 4.77 Å². The van der Waals surface area contributed by atoms with Gasteiger partial charge in [-0.3, -0.25) is 4.79 Å². The molecule has 1 heterocycles. The van der Waals surface area contributed by atoms with E-state index >= 15 is 0 Å². The van der Waals surface area contributed by atoms with Gasteiger partial charge in [0.1, 0.15) is 5.69 Å². The first-order valence-corrected chi connectivity index (χ1v) is 7.87. The number of rotatable bonds is 3. The molecule has 0 atom stereocenters. The summed E-state index contributed by atoms with van der Waals surface area (Å²) in [5, 5.41) is 4.04. The van der Waals surface area contributed by atoms with E-state index in [1.54, 1.807) is 25.5 Å². The van der Waals surface area contributed by atoms with Crippen LogP contribution in [0.3, 0.4) is 0 Å². The molecule has 0 fully saturated rings. The summed E-state index contributed by atoms with van der Waals surface area (Å²) < 4.78 is 30.9. The topological polar surface area (TPSA) is 124 Å². The minimum Gasteiger partial charge on any atom is -0.452 e. The molecule has 1 rings (SSSR count). The third-order valence-corrected chi connectivity index (χ3v) is 3.75. The van der Waals surface area contributed by atoms with Gasteiger partial charge in [0.05, 0.1) is 7.11 Å². The van der Waals surface area contributed by atoms with Crippen molar-refractivity contribution in [3.63, 3.8) is 0 Å². The molecule has 124 valence electrons. The van der Waals surface area contributed by atoms with E-state index in [0.717, 1.165) is 7.11 Å². The van der Waals surface area contributed by atoms with Crippen LogP contribution < -0.4 is 15.1 Å². The van der Waals surface area contributed by atoms with Crippen LogP contribution in [-0.4, -0.2) is 36.1 Å². The van der Waals surface area contributed by atoms with Crippen molar-refractivity contribution in [1.29, 1.82) is 0 Å². The number of carbonyl (C=O) groups excluding carboxylic acids is 1. The Morgan fingerprint density at radius 2 is 1.91 bits per heavy atom. The smallest absolute Gasteiger partial charge is 0.422 e. The van der Waals surface area contributed by atoms with Crippen molar-refractivity contribution in [2.75, 3.05) is 11.9 Å². The number of aromatic nitrogens is 3. The number of aryl methyl sites for hydroxylation is 1. The SMILES string of the molecule is COC(=O)NS(=O)(=O)Nn1c(=O)c(C(C)(C)C)nn(C)c1=S. The van der Waals surface area contributed by atoms with E-state index in [1.807, 2.05) is 4.83 Å². The maximum atomic E-state index is 12.4. The monoisotopic (exact) mass is 351 g/mol. The number of amides is 1. The van der Waals surface area contributed by atoms with Gasteiger partial charge in [-0.2, -0.15) is 27.7 Å². The summed E-state index contributed by atoms with van der Waals surface area (Å²) >= 11 is 4.97. The van der Waals surface area contributed by atoms with Gasteiger partial charge >= 0.3 is 16.3 Å². The molecule has 0 radical (unpaired) electrons. The summed E-state index contributed by atoms with van der Waals surface area (Å²) in [4.78, 5) is 25.2. The van der Waals surface area contributed by atoms with E-state index in [9.17, 15) is 18.0 Å². The van der Waals surface area contributed by atoms with Crippen LogP contribution in [0.1, 0.15) is 26.5 Å². The highest BCUT2D eigenvalue weighted by atomic mass is 32.2. The zero-order chi connectivity index (χ0) is 17.3. The molecule has 10 nitrogen and oxygen atoms in total. The van der Waals surface area contributed by atoms with Crippen LogP contribution in [0.4, 0.5) is 4.79 Å². The van der Waals surface area contributed by atoms with E-state index in [1.165, 1.54) is 11.7 Å². The van der Waals surface area contributed by atoms with Crippen molar-refractivity contribution in [3.8, 4) is 0 Å². The van der Waals surface area contributed by atoms with E-state index in [-0.39, 0.29) is 10.5 Å². The predicted molar refractivity (Wildman–Crippen MR) is 80.8 cm³/mol. The molecule has 1 aromatic heterocycles. The maximum absolute atomic E-state index is 12.4. The average Bonchev–Trinajstić information content (AvgIpc) is 2.37. The van der Waals surface area contributed by atoms with Crippen LogP contribution in [0.15, 0.2) is 4.79 Å². The summed E-state index contributed by atoms with van der Waals surface area (Å²) in [6, 6.07) is 0. The lowest BCUT2D eigenvalue weighted by Crippen LogP contribution is -2.46. The van der Waals surface area contributed by atoms with E-state index in [4.69, 9.17) is 12.2 Å². The number of carbonyl (C=O) groups is 1. The first kappa shape index (κ1) is 18.1. The number of ether oxygens (including phenoxy) is 1. The fourth-order valence-corrected chi connectivity index (χ4v) is 2.40. The molecule has 0 aromatic carbocycles. The molecule has 1 amide bonds. The summed E-state index contributed by atoms with van der Waals surface area (Å²) in [5.74, 6) is 0. The van der Waals surface area contributed by atoms with Crippen molar-refractivity contribution >= 4 is 28.5 Å². The van der Waals surface area contributed by atoms with Gasteiger partial charge < -0.3 is 4.74 Å². The molecule has 0 saturated heterocycles. The molecule has 22 heavy (non-hydrogen) atoms. The molecule has 1 aromatic rings. The summed E-state index contributed by atoms with van der Waals surface area (Å²) in [6.45, 7) is 5.22. The largest absolute Gasteiger partial charge is 0.452 e. The molecule has 0 aliphatic carbocycles. The molecule has 0 spiro atoms. The van der Waals surface area contributed by atoms with Gasteiger partial charge in [-0.15, -0.1) is 0 Å². The van der Waals surface area contributed by atoms with Crippen molar-refractivity contribution in [3.05, 3.63) is 20.8 Å². The van der Waals surface area contributed by atoms with Gasteiger partial charge in [0, 0.05) is 12.5 Å². The van der Waals surface area contributed by atoms with E-state index in [0.29, 0.717) is 4.68 Å². The van der Waals surface area contributed by atoms with Crippen molar-refractivity contribution < 1.29 is 17.9 Å². The van der Waals surface area contributed by atoms with Crippen molar-refractivity contribution in [2.24, 2.45) is 7.05 Å². The van der Waals surface area contributed by atoms with E-state index in [2.05, 4.69) is 9.84 Å². The summed E-state index contributed by atoms with van der Waals surface area (Å²) in [7, 11) is -1.92. The maximum Gasteiger partial charge on any atom is 0.422 e. The highest BCUT2D eigenvalue weighted by molar-refractivity contribution is 7.90. The van der Waals surface area contributed by atoms with Gasteiger partial charge in [0.15, 0.2) is 0 Å². The predicted octanol–water partition coefficient (Wildman–Crippen LogP) is -0.247. The highest BCUT2D eigenvalue weighted by Gasteiger charge is 2.24. The lowest BCUT2D eigenvalue weighted by molar-refractivity contribution is 0.177. The Morgan fingerprint density at radius 3 is 2.36 bits per heavy atom. The normalized spacial score (nSPS) is 11.9. The van der Waals surface area contributed by atoms with Crippen LogP contribution in [0.5, 0.6) is 0 Å². The fourth-order valence-electron chi connectivity index (χ4n) is 1.42. The minimum absolute atomic E-state index is 0.101. The van der Waals surface area contributed by atoms with Gasteiger partial charge in [-0.05, 0) is 12.2 Å². The Balaban J connectivity index is 3.44. The lowest BCUT2D eigenvalue weighted by Gasteiger charge is -2.20. The molecule has 0 unspecified atom stereocenters. The molecule has 0 aliphatic heterocycles. The first-order chi connectivity index (χ1) is 9.89. The van der Waals surface area contributed by atoms with Gasteiger partial charge in [-0.1, -0.05) is 20.8 Å². The summed E-state index contributed by atoms with van der Waals surface area (Å²) in [6.07, 6.45) is -1.21. The zero-order valence-corrected chi connectivity index (χ0v) is 14.3. The third kappa shape index (κ3) is 4.04. The molecule has 12 heteroatoms. The van der Waals surface area contributed by atoms with Crippen LogP contribution in [0.25, 0.3) is 0 Å². The van der Waals surface area contributed by atoms with Gasteiger partial charge in [0.2, 0.25) is 4.77 Å². The van der Waals surface area contributed by atoms with Crippen LogP contribution in [0.2, 0.25) is 0 Å². The quantitative estimate of drug-likeness (QED) is 0.720. The Kier molecular flexibility index (Phi) is 4.97. The van der Waals surface area contributed by atoms with Crippen molar-refractivity contribution in [1.82, 2.24) is 19.2 Å². The molecular formula is C10H17N5O5S2. The number of hydrogen-bond donors (Lipinski definition) is 2. The van der Waals surface area contributed by atoms with Crippen LogP contribution in [-0.2, 0) is 27.4 Å². The fraction of sp³-hybridized carbons (Fsp3) is 0.600. The molecule has 0 aliphatic rings. The number of hydrogen-bond acceptors (Lipinski definition) is 7. The van der Waals surface area contributed by atoms with Crippen LogP contribution >= 0.6 is 12.2 Å². The second-order valence-corrected chi connectivity index (χ2v) is 7.09. The Labute approximate surface area is 132 Å². The lowest BCUT2D eigenvalue weighted by atomic mass is 9.93. The second-order valence-electron chi connectivity index (χ2n) is 5.33. The third-order valence-electron chi connectivity index (χ3n) is 2.45. The standard InChI is InChI=1S/C10H17N5O5S2/c1-10(2,3)6-7(16)15(9(21)14(4)11-6)13-22(18,19)12-8(17)20-5/h13H,1-5H3,(H,12,17). The second kappa shape index (κ2) is 6.04. The summed E-state index contributed by atoms with van der Waals surface area (Å²) in [5.41, 5.74) is -1.27. The Hall–Kier alpha value is -1.95. The molecular weight excluding hydrogens is 334 g/mol. The number of methoxy groups -OCH3 is 1.